The summed E-state index contributed by atoms with van der Waals surface area (Å²) < 4.78 is 29.1. The summed E-state index contributed by atoms with van der Waals surface area (Å²) >= 11 is 1.45. The smallest absolute Gasteiger partial charge is 0.263 e. The Hall–Kier alpha value is -2.21. The molecule has 0 amide bonds. The van der Waals surface area contributed by atoms with Gasteiger partial charge in [0.2, 0.25) is 0 Å². The Balaban J connectivity index is 1.27. The molecule has 4 rings (SSSR count). The fourth-order valence-electron chi connectivity index (χ4n) is 3.63. The van der Waals surface area contributed by atoms with Crippen LogP contribution in [0.1, 0.15) is 24.0 Å². The zero-order valence-corrected chi connectivity index (χ0v) is 16.9. The van der Waals surface area contributed by atoms with Crippen LogP contribution in [0.15, 0.2) is 83.8 Å². The summed E-state index contributed by atoms with van der Waals surface area (Å²) in [6, 6.07) is 26.1. The standard InChI is InChI=1S/C24H24F2N2S/c25-24(26)21-7-4-8-23(15-21)29-27-22-13-14-28(17-22)16-18-9-11-20(12-10-18)19-5-2-1-3-6-19/h1-12,15,22,24,27H,13-14,16-17H2. The molecule has 5 heteroatoms. The quantitative estimate of drug-likeness (QED) is 0.470. The molecule has 0 aliphatic carbocycles. The molecule has 1 aliphatic rings. The summed E-state index contributed by atoms with van der Waals surface area (Å²) in [4.78, 5) is 3.27. The normalized spacial score (nSPS) is 17.1. The molecule has 1 unspecified atom stereocenters. The first-order valence-corrected chi connectivity index (χ1v) is 10.7. The summed E-state index contributed by atoms with van der Waals surface area (Å²) in [5.41, 5.74) is 3.85. The van der Waals surface area contributed by atoms with Gasteiger partial charge in [-0.05, 0) is 47.2 Å². The highest BCUT2D eigenvalue weighted by molar-refractivity contribution is 7.97. The van der Waals surface area contributed by atoms with Crippen LogP contribution in [-0.4, -0.2) is 24.0 Å². The van der Waals surface area contributed by atoms with Crippen molar-refractivity contribution in [2.24, 2.45) is 0 Å². The Labute approximate surface area is 175 Å². The lowest BCUT2D eigenvalue weighted by Gasteiger charge is -2.17. The Morgan fingerprint density at radius 1 is 0.931 bits per heavy atom. The van der Waals surface area contributed by atoms with E-state index in [1.165, 1.54) is 34.7 Å². The van der Waals surface area contributed by atoms with Gasteiger partial charge in [-0.1, -0.05) is 66.7 Å². The van der Waals surface area contributed by atoms with E-state index in [0.717, 1.165) is 31.0 Å². The van der Waals surface area contributed by atoms with Crippen molar-refractivity contribution >= 4 is 11.9 Å². The summed E-state index contributed by atoms with van der Waals surface area (Å²) in [5.74, 6) is 0. The number of rotatable bonds is 7. The number of nitrogens with one attached hydrogen (secondary N) is 1. The van der Waals surface area contributed by atoms with E-state index >= 15 is 0 Å². The fraction of sp³-hybridized carbons (Fsp3) is 0.250. The van der Waals surface area contributed by atoms with E-state index in [4.69, 9.17) is 0 Å². The molecule has 29 heavy (non-hydrogen) atoms. The van der Waals surface area contributed by atoms with Gasteiger partial charge in [-0.15, -0.1) is 0 Å². The maximum atomic E-state index is 12.8. The molecule has 150 valence electrons. The van der Waals surface area contributed by atoms with Crippen molar-refractivity contribution in [1.29, 1.82) is 0 Å². The summed E-state index contributed by atoms with van der Waals surface area (Å²) in [5, 5.41) is 0. The molecule has 0 bridgehead atoms. The van der Waals surface area contributed by atoms with Gasteiger partial charge in [0.25, 0.3) is 6.43 Å². The maximum Gasteiger partial charge on any atom is 0.263 e. The molecule has 1 heterocycles. The van der Waals surface area contributed by atoms with E-state index in [-0.39, 0.29) is 5.56 Å². The minimum absolute atomic E-state index is 0.0730. The van der Waals surface area contributed by atoms with Gasteiger partial charge in [-0.25, -0.2) is 8.78 Å². The number of nitrogens with zero attached hydrogens (tertiary/aromatic N) is 1. The molecular weight excluding hydrogens is 386 g/mol. The molecule has 1 N–H and O–H groups in total. The predicted octanol–water partition coefficient (Wildman–Crippen LogP) is 6.16. The first-order valence-electron chi connectivity index (χ1n) is 9.84. The average molecular weight is 411 g/mol. The van der Waals surface area contributed by atoms with Crippen LogP contribution in [0.3, 0.4) is 0 Å². The zero-order valence-electron chi connectivity index (χ0n) is 16.1. The van der Waals surface area contributed by atoms with Crippen LogP contribution < -0.4 is 4.72 Å². The van der Waals surface area contributed by atoms with Crippen molar-refractivity contribution in [2.45, 2.75) is 30.3 Å². The topological polar surface area (TPSA) is 15.3 Å². The van der Waals surface area contributed by atoms with E-state index in [2.05, 4.69) is 58.2 Å². The Morgan fingerprint density at radius 3 is 2.45 bits per heavy atom. The third-order valence-electron chi connectivity index (χ3n) is 5.19. The van der Waals surface area contributed by atoms with Gasteiger partial charge in [-0.2, -0.15) is 0 Å². The van der Waals surface area contributed by atoms with Crippen LogP contribution in [0.5, 0.6) is 0 Å². The summed E-state index contributed by atoms with van der Waals surface area (Å²) in [6.07, 6.45) is -1.37. The highest BCUT2D eigenvalue weighted by Gasteiger charge is 2.22. The fourth-order valence-corrected chi connectivity index (χ4v) is 4.47. The van der Waals surface area contributed by atoms with Gasteiger partial charge < -0.3 is 0 Å². The van der Waals surface area contributed by atoms with Gasteiger partial charge in [0.1, 0.15) is 0 Å². The van der Waals surface area contributed by atoms with E-state index in [0.29, 0.717) is 6.04 Å². The molecule has 1 fully saturated rings. The van der Waals surface area contributed by atoms with Crippen LogP contribution >= 0.6 is 11.9 Å². The second kappa shape index (κ2) is 9.53. The summed E-state index contributed by atoms with van der Waals surface area (Å²) in [6.45, 7) is 2.93. The van der Waals surface area contributed by atoms with Crippen molar-refractivity contribution in [2.75, 3.05) is 13.1 Å². The highest BCUT2D eigenvalue weighted by atomic mass is 32.2. The second-order valence-electron chi connectivity index (χ2n) is 7.38. The third kappa shape index (κ3) is 5.44. The molecule has 3 aromatic rings. The molecule has 1 atom stereocenters. The number of hydrogen-bond donors (Lipinski definition) is 1. The Morgan fingerprint density at radius 2 is 1.69 bits per heavy atom. The first kappa shape index (κ1) is 20.1. The number of benzene rings is 3. The van der Waals surface area contributed by atoms with Gasteiger partial charge in [0.15, 0.2) is 0 Å². The van der Waals surface area contributed by atoms with Crippen LogP contribution in [0, 0.1) is 0 Å². The lowest BCUT2D eigenvalue weighted by Crippen LogP contribution is -2.28. The van der Waals surface area contributed by atoms with Crippen molar-refractivity contribution in [1.82, 2.24) is 9.62 Å². The van der Waals surface area contributed by atoms with E-state index in [1.807, 2.05) is 12.1 Å². The van der Waals surface area contributed by atoms with Crippen molar-refractivity contribution < 1.29 is 8.78 Å². The predicted molar refractivity (Wildman–Crippen MR) is 116 cm³/mol. The van der Waals surface area contributed by atoms with Crippen molar-refractivity contribution in [3.05, 3.63) is 90.0 Å². The molecule has 0 saturated carbocycles. The summed E-state index contributed by atoms with van der Waals surface area (Å²) in [7, 11) is 0. The number of likely N-dealkylation sites (tertiary alicyclic amines) is 1. The van der Waals surface area contributed by atoms with E-state index < -0.39 is 6.43 Å². The molecule has 0 aromatic heterocycles. The minimum atomic E-state index is -2.43. The van der Waals surface area contributed by atoms with Crippen molar-refractivity contribution in [3.63, 3.8) is 0 Å². The second-order valence-corrected chi connectivity index (χ2v) is 8.29. The highest BCUT2D eigenvalue weighted by Crippen LogP contribution is 2.25. The number of halogens is 2. The minimum Gasteiger partial charge on any atom is -0.297 e. The molecule has 0 spiro atoms. The lowest BCUT2D eigenvalue weighted by atomic mass is 10.0. The van der Waals surface area contributed by atoms with Gasteiger partial charge in [-0.3, -0.25) is 9.62 Å². The van der Waals surface area contributed by atoms with Crippen LogP contribution in [-0.2, 0) is 6.54 Å². The molecule has 2 nitrogen and oxygen atoms in total. The van der Waals surface area contributed by atoms with Gasteiger partial charge >= 0.3 is 0 Å². The molecule has 0 radical (unpaired) electrons. The SMILES string of the molecule is FC(F)c1cccc(SNC2CCN(Cc3ccc(-c4ccccc4)cc3)C2)c1. The van der Waals surface area contributed by atoms with E-state index in [9.17, 15) is 8.78 Å². The van der Waals surface area contributed by atoms with Gasteiger partial charge in [0, 0.05) is 36.1 Å². The van der Waals surface area contributed by atoms with Crippen LogP contribution in [0.2, 0.25) is 0 Å². The Kier molecular flexibility index (Phi) is 6.60. The van der Waals surface area contributed by atoms with Crippen LogP contribution in [0.25, 0.3) is 11.1 Å². The van der Waals surface area contributed by atoms with Crippen molar-refractivity contribution in [3.8, 4) is 11.1 Å². The largest absolute Gasteiger partial charge is 0.297 e. The molecule has 1 aliphatic heterocycles. The third-order valence-corrected chi connectivity index (χ3v) is 6.13. The zero-order chi connectivity index (χ0) is 20.1. The molecular formula is C24H24F2N2S. The number of hydrogen-bond acceptors (Lipinski definition) is 3. The maximum absolute atomic E-state index is 12.8. The lowest BCUT2D eigenvalue weighted by molar-refractivity contribution is 0.151. The van der Waals surface area contributed by atoms with Gasteiger partial charge in [0.05, 0.1) is 0 Å². The van der Waals surface area contributed by atoms with E-state index in [1.54, 1.807) is 12.1 Å². The average Bonchev–Trinajstić information content (AvgIpc) is 3.21. The number of alkyl halides is 2. The van der Waals surface area contributed by atoms with Crippen LogP contribution in [0.4, 0.5) is 8.78 Å². The first-order chi connectivity index (χ1) is 14.2. The Bertz CT molecular complexity index is 916. The molecule has 1 saturated heterocycles. The monoisotopic (exact) mass is 410 g/mol. The molecule has 3 aromatic carbocycles.